The van der Waals surface area contributed by atoms with Crippen LogP contribution in [0.25, 0.3) is 21.7 Å². The Balaban J connectivity index is 1.80. The first-order valence-electron chi connectivity index (χ1n) is 12.9. The summed E-state index contributed by atoms with van der Waals surface area (Å²) in [6.45, 7) is 4.28. The van der Waals surface area contributed by atoms with Gasteiger partial charge in [0.2, 0.25) is 6.41 Å². The van der Waals surface area contributed by atoms with Crippen LogP contribution in [0.3, 0.4) is 0 Å². The minimum atomic E-state index is -4.63. The number of nitrogens with one attached hydrogen (secondary N) is 2. The molecule has 2 heterocycles. The molecule has 1 unspecified atom stereocenters. The fourth-order valence-electron chi connectivity index (χ4n) is 5.36. The Labute approximate surface area is 236 Å². The van der Waals surface area contributed by atoms with Crippen molar-refractivity contribution in [3.05, 3.63) is 94.1 Å². The predicted octanol–water partition coefficient (Wildman–Crippen LogP) is 7.51. The van der Waals surface area contributed by atoms with Gasteiger partial charge in [-0.15, -0.1) is 0 Å². The molecule has 218 valence electrons. The van der Waals surface area contributed by atoms with Gasteiger partial charge in [0.25, 0.3) is 6.43 Å². The Morgan fingerprint density at radius 3 is 2.45 bits per heavy atom. The number of hydrogen-bond acceptors (Lipinski definition) is 4. The Hall–Kier alpha value is -4.61. The van der Waals surface area contributed by atoms with Crippen LogP contribution in [-0.4, -0.2) is 27.6 Å². The number of nitrogens with zero attached hydrogens (tertiary/aromatic N) is 3. The molecule has 2 N–H and O–H groups in total. The molecule has 0 aliphatic rings. The van der Waals surface area contributed by atoms with Crippen molar-refractivity contribution < 1.29 is 31.1 Å². The first-order valence-corrected chi connectivity index (χ1v) is 12.9. The number of aromatic nitrogens is 3. The van der Waals surface area contributed by atoms with E-state index in [2.05, 4.69) is 20.7 Å². The van der Waals surface area contributed by atoms with Crippen molar-refractivity contribution in [2.75, 3.05) is 5.32 Å². The summed E-state index contributed by atoms with van der Waals surface area (Å²) >= 11 is 0. The van der Waals surface area contributed by atoms with Crippen molar-refractivity contribution in [2.24, 2.45) is 0 Å². The van der Waals surface area contributed by atoms with Gasteiger partial charge in [0.05, 0.1) is 23.3 Å². The average Bonchev–Trinajstić information content (AvgIpc) is 3.31. The zero-order valence-electron chi connectivity index (χ0n) is 22.7. The number of aryl methyl sites for hydroxylation is 3. The first kappa shape index (κ1) is 28.9. The van der Waals surface area contributed by atoms with Gasteiger partial charge in [-0.2, -0.15) is 18.3 Å². The summed E-state index contributed by atoms with van der Waals surface area (Å²) in [4.78, 5) is 16.1. The third-order valence-corrected chi connectivity index (χ3v) is 7.23. The minimum absolute atomic E-state index is 0.0717. The van der Waals surface area contributed by atoms with E-state index in [1.165, 1.54) is 43.6 Å². The molecule has 6 nitrogen and oxygen atoms in total. The lowest BCUT2D eigenvalue weighted by Gasteiger charge is -2.26. The number of pyridine rings is 1. The molecular weight excluding hydrogens is 560 g/mol. The van der Waals surface area contributed by atoms with Crippen LogP contribution in [0.1, 0.15) is 39.4 Å². The van der Waals surface area contributed by atoms with Gasteiger partial charge in [0.1, 0.15) is 18.2 Å². The van der Waals surface area contributed by atoms with Gasteiger partial charge in [-0.05, 0) is 84.8 Å². The van der Waals surface area contributed by atoms with Crippen LogP contribution in [0.4, 0.5) is 37.8 Å². The summed E-state index contributed by atoms with van der Waals surface area (Å²) in [5, 5.41) is 10.5. The van der Waals surface area contributed by atoms with Gasteiger partial charge in [-0.25, -0.2) is 18.2 Å². The smallest absolute Gasteiger partial charge is 0.348 e. The van der Waals surface area contributed by atoms with E-state index in [1.54, 1.807) is 26.0 Å². The maximum atomic E-state index is 14.4. The van der Waals surface area contributed by atoms with E-state index in [1.807, 2.05) is 0 Å². The Morgan fingerprint density at radius 1 is 1.00 bits per heavy atom. The van der Waals surface area contributed by atoms with E-state index >= 15 is 0 Å². The third-order valence-electron chi connectivity index (χ3n) is 7.23. The van der Waals surface area contributed by atoms with Crippen molar-refractivity contribution >= 4 is 39.6 Å². The summed E-state index contributed by atoms with van der Waals surface area (Å²) in [6, 6.07) is 8.59. The highest BCUT2D eigenvalue weighted by Crippen LogP contribution is 2.41. The van der Waals surface area contributed by atoms with Crippen molar-refractivity contribution in [2.45, 2.75) is 46.0 Å². The summed E-state index contributed by atoms with van der Waals surface area (Å²) in [5.41, 5.74) is 2.15. The van der Waals surface area contributed by atoms with Crippen LogP contribution in [0.15, 0.2) is 54.9 Å². The number of fused-ring (bicyclic) bond motifs is 2. The zero-order valence-corrected chi connectivity index (χ0v) is 22.7. The second-order valence-corrected chi connectivity index (χ2v) is 10.0. The highest BCUT2D eigenvalue weighted by Gasteiger charge is 2.33. The van der Waals surface area contributed by atoms with Gasteiger partial charge in [-0.3, -0.25) is 9.48 Å². The van der Waals surface area contributed by atoms with Crippen LogP contribution in [0.2, 0.25) is 0 Å². The highest BCUT2D eigenvalue weighted by atomic mass is 19.4. The van der Waals surface area contributed by atoms with E-state index in [0.717, 1.165) is 10.7 Å². The van der Waals surface area contributed by atoms with E-state index in [0.29, 0.717) is 45.1 Å². The molecule has 42 heavy (non-hydrogen) atoms. The Bertz CT molecular complexity index is 1810. The van der Waals surface area contributed by atoms with Crippen molar-refractivity contribution in [3.8, 4) is 0 Å². The van der Waals surface area contributed by atoms with Gasteiger partial charge >= 0.3 is 6.18 Å². The molecule has 1 amide bonds. The van der Waals surface area contributed by atoms with E-state index in [9.17, 15) is 31.1 Å². The Morgan fingerprint density at radius 2 is 1.76 bits per heavy atom. The maximum absolute atomic E-state index is 14.4. The SMILES string of the molecule is Cc1cc(C(F)(F)F)c2ccnc(Nc3cc4c(cnn4CC(F)F)c(C)c3C(NC=O)c3cc(F)ccc3C)c2c1. The fourth-order valence-corrected chi connectivity index (χ4v) is 5.36. The quantitative estimate of drug-likeness (QED) is 0.146. The molecule has 0 saturated carbocycles. The molecular formula is C30H25F6N5O. The van der Waals surface area contributed by atoms with Gasteiger partial charge in [0.15, 0.2) is 0 Å². The summed E-state index contributed by atoms with van der Waals surface area (Å²) < 4.78 is 84.1. The molecule has 0 fully saturated rings. The lowest BCUT2D eigenvalue weighted by Crippen LogP contribution is -2.24. The standard InChI is InChI=1S/C30H25F6N5O/c1-15-8-21-19(23(9-15)30(34,35)36)6-7-37-29(21)40-24-11-25-22(12-39-41(25)13-26(32)33)17(3)27(24)28(38-14-42)20-10-18(31)5-4-16(20)2/h4-12,14,26,28H,13H2,1-3H3,(H,37,40)(H,38,42). The first-order chi connectivity index (χ1) is 19.9. The molecule has 5 rings (SSSR count). The number of benzene rings is 3. The molecule has 1 atom stereocenters. The second kappa shape index (κ2) is 11.0. The summed E-state index contributed by atoms with van der Waals surface area (Å²) in [6.07, 6.45) is -4.21. The average molecular weight is 586 g/mol. The monoisotopic (exact) mass is 585 g/mol. The zero-order chi connectivity index (χ0) is 30.3. The van der Waals surface area contributed by atoms with Crippen LogP contribution >= 0.6 is 0 Å². The van der Waals surface area contributed by atoms with Crippen LogP contribution < -0.4 is 10.6 Å². The topological polar surface area (TPSA) is 71.8 Å². The number of alkyl halides is 5. The largest absolute Gasteiger partial charge is 0.417 e. The lowest BCUT2D eigenvalue weighted by molar-refractivity contribution is -0.136. The van der Waals surface area contributed by atoms with Crippen LogP contribution in [0, 0.1) is 26.6 Å². The number of anilines is 2. The number of amides is 1. The molecule has 0 aliphatic heterocycles. The van der Waals surface area contributed by atoms with Crippen LogP contribution in [0.5, 0.6) is 0 Å². The molecule has 0 radical (unpaired) electrons. The molecule has 2 aromatic heterocycles. The van der Waals surface area contributed by atoms with Crippen LogP contribution in [-0.2, 0) is 17.5 Å². The fraction of sp³-hybridized carbons (Fsp3) is 0.233. The molecule has 12 heteroatoms. The minimum Gasteiger partial charge on any atom is -0.348 e. The number of carbonyl (C=O) groups excluding carboxylic acids is 1. The van der Waals surface area contributed by atoms with E-state index < -0.39 is 36.6 Å². The lowest BCUT2D eigenvalue weighted by atomic mass is 9.89. The number of halogens is 6. The third kappa shape index (κ3) is 5.36. The molecule has 0 bridgehead atoms. The van der Waals surface area contributed by atoms with Gasteiger partial charge in [0, 0.05) is 28.2 Å². The highest BCUT2D eigenvalue weighted by molar-refractivity contribution is 5.98. The number of hydrogen-bond donors (Lipinski definition) is 2. The van der Waals surface area contributed by atoms with E-state index in [4.69, 9.17) is 0 Å². The van der Waals surface area contributed by atoms with Crippen molar-refractivity contribution in [1.29, 1.82) is 0 Å². The number of carbonyl (C=O) groups is 1. The summed E-state index contributed by atoms with van der Waals surface area (Å²) in [5.74, 6) is -0.473. The second-order valence-electron chi connectivity index (χ2n) is 10.0. The molecule has 0 saturated heterocycles. The number of rotatable bonds is 8. The Kier molecular flexibility index (Phi) is 7.56. The van der Waals surface area contributed by atoms with Gasteiger partial charge < -0.3 is 10.6 Å². The molecule has 0 aliphatic carbocycles. The molecule has 0 spiro atoms. The van der Waals surface area contributed by atoms with E-state index in [-0.39, 0.29) is 22.3 Å². The van der Waals surface area contributed by atoms with Crippen molar-refractivity contribution in [3.63, 3.8) is 0 Å². The predicted molar refractivity (Wildman–Crippen MR) is 147 cm³/mol. The molecule has 3 aromatic carbocycles. The van der Waals surface area contributed by atoms with Crippen molar-refractivity contribution in [1.82, 2.24) is 20.1 Å². The normalized spacial score (nSPS) is 12.7. The van der Waals surface area contributed by atoms with Gasteiger partial charge in [-0.1, -0.05) is 6.07 Å². The molecule has 5 aromatic rings. The summed E-state index contributed by atoms with van der Waals surface area (Å²) in [7, 11) is 0. The maximum Gasteiger partial charge on any atom is 0.417 e.